The van der Waals surface area contributed by atoms with Crippen LogP contribution in [-0.4, -0.2) is 0 Å². The molecule has 0 fully saturated rings. The van der Waals surface area contributed by atoms with Crippen LogP contribution >= 0.6 is 7.36 Å². The van der Waals surface area contributed by atoms with Crippen molar-refractivity contribution in [2.24, 2.45) is 0 Å². The molecule has 0 heterocycles. The van der Waals surface area contributed by atoms with Gasteiger partial charge in [-0.2, -0.15) is 0 Å². The first-order valence-corrected chi connectivity index (χ1v) is 3.11. The largest absolute Gasteiger partial charge is 0.189 e. The minimum Gasteiger partial charge on any atom is -0.0555 e. The van der Waals surface area contributed by atoms with Gasteiger partial charge < -0.3 is 0 Å². The van der Waals surface area contributed by atoms with E-state index in [0.29, 0.717) is 7.36 Å². The van der Waals surface area contributed by atoms with E-state index in [1.807, 2.05) is 0 Å². The van der Waals surface area contributed by atoms with Gasteiger partial charge in [0.15, 0.2) is 19.2 Å². The summed E-state index contributed by atoms with van der Waals surface area (Å²) in [4.78, 5) is 0. The summed E-state index contributed by atoms with van der Waals surface area (Å²) in [7, 11) is 0.488. The Morgan fingerprint density at radius 3 is 2.25 bits per heavy atom. The van der Waals surface area contributed by atoms with Crippen molar-refractivity contribution in [3.05, 3.63) is 12.4 Å². The Labute approximate surface area is 32.4 Å². The van der Waals surface area contributed by atoms with Crippen LogP contribution in [0.15, 0.2) is 12.4 Å². The van der Waals surface area contributed by atoms with Crippen LogP contribution in [0.3, 0.4) is 0 Å². The highest BCUT2D eigenvalue weighted by molar-refractivity contribution is 7.97. The molecule has 0 saturated carbocycles. The van der Waals surface area contributed by atoms with E-state index < -0.39 is 0 Å². The number of hydrogen-bond acceptors (Lipinski definition) is 1. The first-order chi connectivity index (χ1) is 1.91. The molecule has 0 saturated heterocycles. The maximum atomic E-state index is 4.46. The van der Waals surface area contributed by atoms with E-state index >= 15 is 0 Å². The minimum atomic E-state index is 0.488. The predicted molar refractivity (Wildman–Crippen MR) is 25.9 cm³/mol. The number of hydrogen-bond donors (Lipinski definition) is 0. The third-order valence-corrected chi connectivity index (χ3v) is 0.750. The first kappa shape index (κ1) is 4.26. The SMILES string of the molecule is C=C[PH+]=S. The molecular weight excluding hydrogens is 87.1 g/mol. The van der Waals surface area contributed by atoms with Crippen molar-refractivity contribution < 1.29 is 0 Å². The zero-order chi connectivity index (χ0) is 3.41. The molecule has 0 nitrogen and oxygen atoms in total. The topological polar surface area (TPSA) is 0 Å². The van der Waals surface area contributed by atoms with Gasteiger partial charge in [0.2, 0.25) is 0 Å². The molecule has 0 aliphatic carbocycles. The smallest absolute Gasteiger partial charge is 0.0555 e. The Morgan fingerprint density at radius 2 is 2.25 bits per heavy atom. The molecule has 1 unspecified atom stereocenters. The van der Waals surface area contributed by atoms with E-state index in [4.69, 9.17) is 0 Å². The molecule has 0 aliphatic heterocycles. The van der Waals surface area contributed by atoms with E-state index in [-0.39, 0.29) is 0 Å². The van der Waals surface area contributed by atoms with Crippen molar-refractivity contribution in [1.29, 1.82) is 0 Å². The molecule has 0 radical (unpaired) electrons. The minimum absolute atomic E-state index is 0.488. The summed E-state index contributed by atoms with van der Waals surface area (Å²) >= 11 is 4.46. The summed E-state index contributed by atoms with van der Waals surface area (Å²) in [5.74, 6) is 1.72. The second kappa shape index (κ2) is 3.26. The van der Waals surface area contributed by atoms with Gasteiger partial charge in [-0.3, -0.25) is 0 Å². The second-order valence-electron chi connectivity index (χ2n) is 0.322. The fourth-order valence-electron chi connectivity index (χ4n) is 0. The number of rotatable bonds is 1. The molecule has 0 rings (SSSR count). The van der Waals surface area contributed by atoms with Gasteiger partial charge in [0.05, 0.1) is 0 Å². The Morgan fingerprint density at radius 1 is 2.00 bits per heavy atom. The quantitative estimate of drug-likeness (QED) is 0.438. The summed E-state index contributed by atoms with van der Waals surface area (Å²) in [6.45, 7) is 3.39. The van der Waals surface area contributed by atoms with Crippen LogP contribution < -0.4 is 0 Å². The highest BCUT2D eigenvalue weighted by Crippen LogP contribution is 1.85. The average Bonchev–Trinajstić information content (AvgIpc) is 1.37. The summed E-state index contributed by atoms with van der Waals surface area (Å²) in [6.07, 6.45) is 0. The van der Waals surface area contributed by atoms with Crippen molar-refractivity contribution >= 4 is 19.2 Å². The molecule has 0 aliphatic rings. The molecule has 2 heteroatoms. The normalized spacial score (nSPS) is 7.00. The summed E-state index contributed by atoms with van der Waals surface area (Å²) in [5.41, 5.74) is 0. The highest BCUT2D eigenvalue weighted by atomic mass is 32.4. The third kappa shape index (κ3) is 2.26. The molecule has 0 spiro atoms. The Hall–Kier alpha value is 0.260. The van der Waals surface area contributed by atoms with Crippen LogP contribution in [0.4, 0.5) is 0 Å². The average molecular weight is 91.1 g/mol. The molecule has 1 atom stereocenters. The van der Waals surface area contributed by atoms with Gasteiger partial charge in [0.1, 0.15) is 5.82 Å². The predicted octanol–water partition coefficient (Wildman–Crippen LogP) is 1.27. The first-order valence-electron chi connectivity index (χ1n) is 0.901. The molecular formula is C2H4PS+. The van der Waals surface area contributed by atoms with Gasteiger partial charge in [-0.05, 0) is 0 Å². The fourth-order valence-corrected chi connectivity index (χ4v) is 0. The Bertz CT molecular complexity index is 27.0. The zero-order valence-corrected chi connectivity index (χ0v) is 4.01. The van der Waals surface area contributed by atoms with E-state index in [1.54, 1.807) is 5.82 Å². The highest BCUT2D eigenvalue weighted by Gasteiger charge is 1.50. The summed E-state index contributed by atoms with van der Waals surface area (Å²) < 4.78 is 0. The lowest BCUT2D eigenvalue weighted by molar-refractivity contribution is 2.68. The van der Waals surface area contributed by atoms with Gasteiger partial charge in [0.25, 0.3) is 0 Å². The molecule has 0 aromatic rings. The monoisotopic (exact) mass is 91.0 g/mol. The Balaban J connectivity index is 2.73. The standard InChI is InChI=1S/C2H3PS/c1-2-3-4/h2H,1H2/p+1. The van der Waals surface area contributed by atoms with E-state index in [1.165, 1.54) is 0 Å². The molecule has 0 aromatic carbocycles. The fraction of sp³-hybridized carbons (Fsp3) is 0. The van der Waals surface area contributed by atoms with E-state index in [9.17, 15) is 0 Å². The van der Waals surface area contributed by atoms with Crippen molar-refractivity contribution in [3.8, 4) is 0 Å². The zero-order valence-electron chi connectivity index (χ0n) is 2.19. The lowest BCUT2D eigenvalue weighted by Crippen LogP contribution is -1.01. The lowest BCUT2D eigenvalue weighted by atomic mass is 11.3. The van der Waals surface area contributed by atoms with E-state index in [0.717, 1.165) is 0 Å². The van der Waals surface area contributed by atoms with Gasteiger partial charge in [-0.1, -0.05) is 6.58 Å². The van der Waals surface area contributed by atoms with E-state index in [2.05, 4.69) is 18.4 Å². The van der Waals surface area contributed by atoms with Gasteiger partial charge in [-0.15, -0.1) is 0 Å². The maximum Gasteiger partial charge on any atom is 0.189 e. The van der Waals surface area contributed by atoms with Crippen LogP contribution in [-0.2, 0) is 11.8 Å². The lowest BCUT2D eigenvalue weighted by Gasteiger charge is -1.24. The summed E-state index contributed by atoms with van der Waals surface area (Å²) in [6, 6.07) is 0. The summed E-state index contributed by atoms with van der Waals surface area (Å²) in [5, 5.41) is 0. The molecule has 22 valence electrons. The molecule has 0 amide bonds. The van der Waals surface area contributed by atoms with Crippen molar-refractivity contribution in [1.82, 2.24) is 0 Å². The van der Waals surface area contributed by atoms with Gasteiger partial charge in [-0.25, -0.2) is 0 Å². The molecule has 0 N–H and O–H groups in total. The Kier molecular flexibility index (Phi) is 3.47. The molecule has 0 bridgehead atoms. The van der Waals surface area contributed by atoms with Crippen LogP contribution in [0.5, 0.6) is 0 Å². The maximum absolute atomic E-state index is 4.46. The van der Waals surface area contributed by atoms with Crippen molar-refractivity contribution in [2.45, 2.75) is 0 Å². The van der Waals surface area contributed by atoms with Crippen LogP contribution in [0.2, 0.25) is 0 Å². The van der Waals surface area contributed by atoms with Crippen LogP contribution in [0.25, 0.3) is 0 Å². The van der Waals surface area contributed by atoms with Gasteiger partial charge in [0, 0.05) is 0 Å². The van der Waals surface area contributed by atoms with Crippen LogP contribution in [0.1, 0.15) is 0 Å². The van der Waals surface area contributed by atoms with Crippen molar-refractivity contribution in [2.75, 3.05) is 0 Å². The second-order valence-corrected chi connectivity index (χ2v) is 1.67. The van der Waals surface area contributed by atoms with Crippen molar-refractivity contribution in [3.63, 3.8) is 0 Å². The van der Waals surface area contributed by atoms with Gasteiger partial charge >= 0.3 is 0 Å². The molecule has 0 aromatic heterocycles. The third-order valence-electron chi connectivity index (χ3n) is 0.0833. The van der Waals surface area contributed by atoms with Crippen LogP contribution in [0, 0.1) is 0 Å². The molecule has 4 heavy (non-hydrogen) atoms.